The average molecular weight is 601 g/mol. The Labute approximate surface area is 230 Å². The number of aliphatic carboxylic acids is 2. The lowest BCUT2D eigenvalue weighted by Gasteiger charge is -2.39. The van der Waals surface area contributed by atoms with Crippen LogP contribution in [0.25, 0.3) is 0 Å². The quantitative estimate of drug-likeness (QED) is 0.475. The van der Waals surface area contributed by atoms with Crippen molar-refractivity contribution in [3.8, 4) is 0 Å². The Balaban J connectivity index is 0.000000333. The topological polar surface area (TPSA) is 116 Å². The Kier molecular flexibility index (Phi) is 11.7. The lowest BCUT2D eigenvalue weighted by atomic mass is 9.76. The molecule has 0 radical (unpaired) electrons. The summed E-state index contributed by atoms with van der Waals surface area (Å²) in [5.41, 5.74) is 0.379. The number of aryl methyl sites for hydroxylation is 1. The van der Waals surface area contributed by atoms with Crippen molar-refractivity contribution in [2.75, 3.05) is 38.3 Å². The molecule has 2 aromatic heterocycles. The number of rotatable bonds is 5. The molecular weight excluding hydrogens is 570 g/mol. The molecule has 4 heterocycles. The molecule has 2 aliphatic heterocycles. The third-order valence-corrected chi connectivity index (χ3v) is 7.35. The van der Waals surface area contributed by atoms with Crippen molar-refractivity contribution in [1.29, 1.82) is 0 Å². The first-order valence-corrected chi connectivity index (χ1v) is 12.8. The van der Waals surface area contributed by atoms with Crippen molar-refractivity contribution in [2.45, 2.75) is 51.1 Å². The molecule has 1 atom stereocenters. The molecule has 2 N–H and O–H groups in total. The monoisotopic (exact) mass is 600 g/mol. The first-order chi connectivity index (χ1) is 18.6. The number of carboxylic acid groups (broad SMARTS) is 2. The second-order valence-electron chi connectivity index (χ2n) is 9.38. The first kappa shape index (κ1) is 33.2. The number of likely N-dealkylation sites (tertiary alicyclic amines) is 1. The highest BCUT2D eigenvalue weighted by Gasteiger charge is 2.46. The number of halogens is 6. The van der Waals surface area contributed by atoms with E-state index >= 15 is 0 Å². The number of aromatic nitrogens is 2. The zero-order valence-corrected chi connectivity index (χ0v) is 22.5. The molecule has 0 aliphatic carbocycles. The fraction of sp³-hybridized carbons (Fsp3) is 0.583. The average Bonchev–Trinajstić information content (AvgIpc) is 3.44. The van der Waals surface area contributed by atoms with Gasteiger partial charge in [0.2, 0.25) is 5.95 Å². The van der Waals surface area contributed by atoms with Crippen molar-refractivity contribution in [2.24, 2.45) is 5.41 Å². The Morgan fingerprint density at radius 1 is 1.05 bits per heavy atom. The van der Waals surface area contributed by atoms with Gasteiger partial charge >= 0.3 is 24.3 Å². The molecule has 0 aromatic carbocycles. The van der Waals surface area contributed by atoms with Gasteiger partial charge in [0.15, 0.2) is 0 Å². The van der Waals surface area contributed by atoms with Gasteiger partial charge in [0.05, 0.1) is 12.6 Å². The van der Waals surface area contributed by atoms with E-state index in [4.69, 9.17) is 24.5 Å². The second kappa shape index (κ2) is 14.1. The summed E-state index contributed by atoms with van der Waals surface area (Å²) in [6, 6.07) is 6.78. The second-order valence-corrected chi connectivity index (χ2v) is 10.8. The van der Waals surface area contributed by atoms with Gasteiger partial charge in [0, 0.05) is 42.3 Å². The molecule has 4 rings (SSSR count). The van der Waals surface area contributed by atoms with Crippen molar-refractivity contribution >= 4 is 29.2 Å². The maximum absolute atomic E-state index is 10.6. The molecule has 40 heavy (non-hydrogen) atoms. The van der Waals surface area contributed by atoms with E-state index in [1.54, 1.807) is 7.11 Å². The van der Waals surface area contributed by atoms with Crippen LogP contribution in [0.1, 0.15) is 29.0 Å². The van der Waals surface area contributed by atoms with Crippen LogP contribution in [0.2, 0.25) is 0 Å². The molecule has 9 nitrogen and oxygen atoms in total. The van der Waals surface area contributed by atoms with E-state index in [0.29, 0.717) is 11.5 Å². The Hall–Kier alpha value is -2.98. The molecule has 0 saturated carbocycles. The number of methoxy groups -OCH3 is 1. The summed E-state index contributed by atoms with van der Waals surface area (Å²) in [4.78, 5) is 34.7. The lowest BCUT2D eigenvalue weighted by molar-refractivity contribution is -0.193. The zero-order chi connectivity index (χ0) is 30.1. The van der Waals surface area contributed by atoms with E-state index < -0.39 is 24.3 Å². The number of thiophene rings is 1. The van der Waals surface area contributed by atoms with E-state index in [1.165, 1.54) is 42.1 Å². The van der Waals surface area contributed by atoms with Crippen molar-refractivity contribution in [1.82, 2.24) is 14.9 Å². The summed E-state index contributed by atoms with van der Waals surface area (Å²) in [5, 5.41) is 14.2. The van der Waals surface area contributed by atoms with Crippen LogP contribution in [0.3, 0.4) is 0 Å². The van der Waals surface area contributed by atoms with E-state index in [2.05, 4.69) is 38.8 Å². The molecule has 2 aromatic rings. The lowest BCUT2D eigenvalue weighted by Crippen LogP contribution is -2.41. The molecular formula is C24H30F6N4O5S. The molecule has 2 saturated heterocycles. The highest BCUT2D eigenvalue weighted by atomic mass is 32.1. The number of ether oxygens (including phenoxy) is 1. The highest BCUT2D eigenvalue weighted by Crippen LogP contribution is 2.44. The van der Waals surface area contributed by atoms with E-state index in [0.717, 1.165) is 25.6 Å². The van der Waals surface area contributed by atoms with Gasteiger partial charge in [-0.05, 0) is 62.9 Å². The number of nitrogens with zero attached hydrogens (tertiary/aromatic N) is 4. The van der Waals surface area contributed by atoms with Crippen molar-refractivity contribution in [3.05, 3.63) is 40.3 Å². The summed E-state index contributed by atoms with van der Waals surface area (Å²) in [6.07, 6.45) is -2.81. The highest BCUT2D eigenvalue weighted by molar-refractivity contribution is 7.11. The van der Waals surface area contributed by atoms with Crippen LogP contribution in [0.4, 0.5) is 32.3 Å². The minimum Gasteiger partial charge on any atom is -0.475 e. The van der Waals surface area contributed by atoms with E-state index in [-0.39, 0.29) is 0 Å². The largest absolute Gasteiger partial charge is 0.490 e. The smallest absolute Gasteiger partial charge is 0.475 e. The maximum Gasteiger partial charge on any atom is 0.490 e. The summed E-state index contributed by atoms with van der Waals surface area (Å²) in [5.74, 6) is -4.66. The van der Waals surface area contributed by atoms with Gasteiger partial charge in [-0.25, -0.2) is 19.6 Å². The molecule has 1 unspecified atom stereocenters. The summed E-state index contributed by atoms with van der Waals surface area (Å²) < 4.78 is 69.0. The number of anilines is 1. The van der Waals surface area contributed by atoms with E-state index in [1.807, 2.05) is 29.8 Å². The Morgan fingerprint density at radius 2 is 1.57 bits per heavy atom. The summed E-state index contributed by atoms with van der Waals surface area (Å²) >= 11 is 1.93. The molecule has 0 amide bonds. The number of carbonyl (C=O) groups is 2. The van der Waals surface area contributed by atoms with Gasteiger partial charge in [0.25, 0.3) is 0 Å². The maximum atomic E-state index is 10.6. The Morgan fingerprint density at radius 3 is 2.00 bits per heavy atom. The fourth-order valence-corrected chi connectivity index (χ4v) is 5.45. The third kappa shape index (κ3) is 10.2. The SMILES string of the molecule is COCC1CC2(CCN(Cc3ccc(C)s3)CC2)CN1c1ncccn1.O=C(O)C(F)(F)F.O=C(O)C(F)(F)F. The minimum absolute atomic E-state index is 0.379. The van der Waals surface area contributed by atoms with Crippen molar-refractivity contribution in [3.63, 3.8) is 0 Å². The fourth-order valence-electron chi connectivity index (χ4n) is 4.52. The molecule has 16 heteroatoms. The van der Waals surface area contributed by atoms with Gasteiger partial charge in [-0.3, -0.25) is 4.90 Å². The van der Waals surface area contributed by atoms with Gasteiger partial charge in [-0.1, -0.05) is 0 Å². The summed E-state index contributed by atoms with van der Waals surface area (Å²) in [6.45, 7) is 7.45. The van der Waals surface area contributed by atoms with Crippen molar-refractivity contribution < 1.29 is 50.9 Å². The predicted octanol–water partition coefficient (Wildman–Crippen LogP) is 4.62. The zero-order valence-electron chi connectivity index (χ0n) is 21.7. The molecule has 224 valence electrons. The van der Waals surface area contributed by atoms with Crippen LogP contribution in [-0.4, -0.2) is 88.8 Å². The van der Waals surface area contributed by atoms with E-state index in [9.17, 15) is 26.3 Å². The molecule has 2 aliphatic rings. The normalized spacial score (nSPS) is 18.9. The first-order valence-electron chi connectivity index (χ1n) is 12.0. The number of piperidine rings is 1. The van der Waals surface area contributed by atoms with Crippen LogP contribution in [0.15, 0.2) is 30.6 Å². The van der Waals surface area contributed by atoms with Crippen LogP contribution >= 0.6 is 11.3 Å². The Bertz CT molecular complexity index is 1070. The predicted molar refractivity (Wildman–Crippen MR) is 133 cm³/mol. The molecule has 2 fully saturated rings. The standard InChI is InChI=1S/C20H28N4OS.2C2HF3O2/c1-16-4-5-18(26-16)13-23-10-6-20(7-11-23)12-17(14-25-2)24(15-20)19-21-8-3-9-22-19;2*3-2(4,5)1(6)7/h3-5,8-9,17H,6-7,10-15H2,1-2H3;2*(H,6,7). The molecule has 1 spiro atoms. The van der Waals surface area contributed by atoms with Crippen LogP contribution in [0.5, 0.6) is 0 Å². The number of carboxylic acids is 2. The van der Waals surface area contributed by atoms with Gasteiger partial charge in [-0.15, -0.1) is 11.3 Å². The third-order valence-electron chi connectivity index (χ3n) is 6.36. The van der Waals surface area contributed by atoms with Crippen LogP contribution < -0.4 is 4.90 Å². The number of hydrogen-bond acceptors (Lipinski definition) is 8. The van der Waals surface area contributed by atoms with Crippen LogP contribution in [0, 0.1) is 12.3 Å². The number of hydrogen-bond donors (Lipinski definition) is 2. The number of alkyl halides is 6. The van der Waals surface area contributed by atoms with Gasteiger partial charge in [-0.2, -0.15) is 26.3 Å². The van der Waals surface area contributed by atoms with Crippen LogP contribution in [-0.2, 0) is 20.9 Å². The summed E-state index contributed by atoms with van der Waals surface area (Å²) in [7, 11) is 1.79. The van der Waals surface area contributed by atoms with Gasteiger partial charge < -0.3 is 19.8 Å². The minimum atomic E-state index is -5.08. The van der Waals surface area contributed by atoms with Gasteiger partial charge in [0.1, 0.15) is 0 Å². The molecule has 0 bridgehead atoms.